The number of hydrogen-bond acceptors (Lipinski definition) is 5. The van der Waals surface area contributed by atoms with Crippen LogP contribution in [-0.4, -0.2) is 25.0 Å². The van der Waals surface area contributed by atoms with Gasteiger partial charge in [-0.15, -0.1) is 0 Å². The highest BCUT2D eigenvalue weighted by Gasteiger charge is 2.18. The van der Waals surface area contributed by atoms with Gasteiger partial charge in [-0.05, 0) is 29.3 Å². The van der Waals surface area contributed by atoms with Crippen molar-refractivity contribution in [3.63, 3.8) is 0 Å². The number of methoxy groups -OCH3 is 1. The van der Waals surface area contributed by atoms with Crippen LogP contribution in [0.15, 0.2) is 47.4 Å². The van der Waals surface area contributed by atoms with Gasteiger partial charge in [0.2, 0.25) is 0 Å². The van der Waals surface area contributed by atoms with Gasteiger partial charge in [0.25, 0.3) is 15.8 Å². The minimum atomic E-state index is -4.58. The molecule has 23 heavy (non-hydrogen) atoms. The molecule has 0 spiro atoms. The second kappa shape index (κ2) is 6.59. The summed E-state index contributed by atoms with van der Waals surface area (Å²) < 4.78 is 37.1. The quantitative estimate of drug-likeness (QED) is 0.389. The van der Waals surface area contributed by atoms with E-state index in [-0.39, 0.29) is 5.56 Å². The monoisotopic (exact) mass is 335 g/mol. The summed E-state index contributed by atoms with van der Waals surface area (Å²) in [4.78, 5) is 9.48. The molecule has 0 atom stereocenters. The molecule has 0 heterocycles. The van der Waals surface area contributed by atoms with E-state index in [2.05, 4.69) is 0 Å². The Morgan fingerprint density at radius 3 is 2.30 bits per heavy atom. The molecule has 0 radical (unpaired) electrons. The van der Waals surface area contributed by atoms with Crippen molar-refractivity contribution in [1.82, 2.24) is 0 Å². The Hall–Kier alpha value is -2.71. The fourth-order valence-electron chi connectivity index (χ4n) is 1.90. The molecule has 0 fully saturated rings. The van der Waals surface area contributed by atoms with Crippen LogP contribution in [-0.2, 0) is 10.1 Å². The van der Waals surface area contributed by atoms with Crippen LogP contribution in [0.25, 0.3) is 12.2 Å². The first-order valence-corrected chi connectivity index (χ1v) is 7.83. The molecule has 0 bridgehead atoms. The third kappa shape index (κ3) is 4.15. The number of nitrogens with zero attached hydrogens (tertiary/aromatic N) is 1. The predicted octanol–water partition coefficient (Wildman–Crippen LogP) is 3.02. The summed E-state index contributed by atoms with van der Waals surface area (Å²) in [6.45, 7) is 0. The van der Waals surface area contributed by atoms with Gasteiger partial charge in [0, 0.05) is 12.1 Å². The lowest BCUT2D eigenvalue weighted by Crippen LogP contribution is -2.02. The Morgan fingerprint density at radius 1 is 1.13 bits per heavy atom. The van der Waals surface area contributed by atoms with E-state index in [1.54, 1.807) is 37.5 Å². The number of nitro groups is 1. The number of benzene rings is 2. The van der Waals surface area contributed by atoms with Crippen LogP contribution in [0.5, 0.6) is 5.75 Å². The smallest absolute Gasteiger partial charge is 0.295 e. The first kappa shape index (κ1) is 16.7. The summed E-state index contributed by atoms with van der Waals surface area (Å²) in [5, 5.41) is 10.7. The highest BCUT2D eigenvalue weighted by atomic mass is 32.2. The summed E-state index contributed by atoms with van der Waals surface area (Å²) in [5.74, 6) is 0.677. The standard InChI is InChI=1S/C15H13NO6S/c1-22-14-8-3-11(4-9-14)2-5-12-6-7-13(16(17)18)10-15(12)23(19,20)21/h2-10H,1H3,(H,19,20,21). The van der Waals surface area contributed by atoms with Gasteiger partial charge in [0.1, 0.15) is 10.6 Å². The van der Waals surface area contributed by atoms with Gasteiger partial charge in [-0.1, -0.05) is 24.3 Å². The summed E-state index contributed by atoms with van der Waals surface area (Å²) in [7, 11) is -3.04. The van der Waals surface area contributed by atoms with Crippen LogP contribution in [0.4, 0.5) is 5.69 Å². The molecule has 2 aromatic carbocycles. The van der Waals surface area contributed by atoms with E-state index >= 15 is 0 Å². The van der Waals surface area contributed by atoms with Crippen molar-refractivity contribution < 1.29 is 22.6 Å². The van der Waals surface area contributed by atoms with E-state index in [0.717, 1.165) is 11.6 Å². The summed E-state index contributed by atoms with van der Waals surface area (Å²) in [6, 6.07) is 10.2. The number of non-ortho nitro benzene ring substituents is 1. The molecule has 0 unspecified atom stereocenters. The van der Waals surface area contributed by atoms with Crippen LogP contribution in [0, 0.1) is 10.1 Å². The van der Waals surface area contributed by atoms with Gasteiger partial charge in [-0.2, -0.15) is 8.42 Å². The van der Waals surface area contributed by atoms with Crippen LogP contribution in [0.1, 0.15) is 11.1 Å². The Labute approximate surface area is 132 Å². The van der Waals surface area contributed by atoms with Crippen molar-refractivity contribution in [1.29, 1.82) is 0 Å². The SMILES string of the molecule is COc1ccc(C=Cc2ccc([N+](=O)[O-])cc2S(=O)(=O)O)cc1. The topological polar surface area (TPSA) is 107 Å². The van der Waals surface area contributed by atoms with Crippen molar-refractivity contribution in [3.05, 3.63) is 63.7 Å². The third-order valence-corrected chi connectivity index (χ3v) is 3.97. The molecular weight excluding hydrogens is 322 g/mol. The van der Waals surface area contributed by atoms with E-state index in [9.17, 15) is 23.1 Å². The Bertz CT molecular complexity index is 856. The van der Waals surface area contributed by atoms with E-state index in [4.69, 9.17) is 4.74 Å². The van der Waals surface area contributed by atoms with E-state index in [0.29, 0.717) is 5.75 Å². The molecule has 7 nitrogen and oxygen atoms in total. The largest absolute Gasteiger partial charge is 0.497 e. The fraction of sp³-hybridized carbons (Fsp3) is 0.0667. The van der Waals surface area contributed by atoms with Gasteiger partial charge in [0.15, 0.2) is 0 Å². The average Bonchev–Trinajstić information content (AvgIpc) is 2.52. The fourth-order valence-corrected chi connectivity index (χ4v) is 2.60. The van der Waals surface area contributed by atoms with Crippen LogP contribution >= 0.6 is 0 Å². The molecule has 2 rings (SSSR count). The molecule has 0 aromatic heterocycles. The van der Waals surface area contributed by atoms with Crippen molar-refractivity contribution in [2.45, 2.75) is 4.90 Å². The molecule has 0 aliphatic rings. The van der Waals surface area contributed by atoms with Gasteiger partial charge in [-0.25, -0.2) is 0 Å². The van der Waals surface area contributed by atoms with Gasteiger partial charge in [-0.3, -0.25) is 14.7 Å². The average molecular weight is 335 g/mol. The first-order valence-electron chi connectivity index (χ1n) is 6.39. The zero-order chi connectivity index (χ0) is 17.0. The lowest BCUT2D eigenvalue weighted by molar-refractivity contribution is -0.385. The van der Waals surface area contributed by atoms with Gasteiger partial charge >= 0.3 is 0 Å². The number of hydrogen-bond donors (Lipinski definition) is 1. The molecule has 1 N–H and O–H groups in total. The summed E-state index contributed by atoms with van der Waals surface area (Å²) >= 11 is 0. The molecule has 0 aliphatic heterocycles. The second-order valence-corrected chi connectivity index (χ2v) is 5.95. The van der Waals surface area contributed by atoms with E-state index in [1.165, 1.54) is 18.2 Å². The molecule has 0 saturated carbocycles. The minimum Gasteiger partial charge on any atom is -0.497 e. The van der Waals surface area contributed by atoms with Crippen LogP contribution < -0.4 is 4.74 Å². The minimum absolute atomic E-state index is 0.147. The highest BCUT2D eigenvalue weighted by Crippen LogP contribution is 2.24. The molecule has 0 amide bonds. The lowest BCUT2D eigenvalue weighted by atomic mass is 10.1. The Balaban J connectivity index is 2.42. The molecule has 8 heteroatoms. The molecule has 0 saturated heterocycles. The van der Waals surface area contributed by atoms with E-state index < -0.39 is 25.6 Å². The van der Waals surface area contributed by atoms with E-state index in [1.807, 2.05) is 0 Å². The highest BCUT2D eigenvalue weighted by molar-refractivity contribution is 7.86. The van der Waals surface area contributed by atoms with Gasteiger partial charge in [0.05, 0.1) is 12.0 Å². The van der Waals surface area contributed by atoms with Crippen LogP contribution in [0.3, 0.4) is 0 Å². The normalized spacial score (nSPS) is 11.6. The zero-order valence-electron chi connectivity index (χ0n) is 12.0. The molecule has 2 aromatic rings. The Morgan fingerprint density at radius 2 is 1.78 bits per heavy atom. The van der Waals surface area contributed by atoms with Crippen molar-refractivity contribution in [2.75, 3.05) is 7.11 Å². The maximum absolute atomic E-state index is 11.4. The number of rotatable bonds is 5. The predicted molar refractivity (Wildman–Crippen MR) is 84.8 cm³/mol. The number of nitro benzene ring substituents is 1. The van der Waals surface area contributed by atoms with Crippen molar-refractivity contribution >= 4 is 28.0 Å². The van der Waals surface area contributed by atoms with Crippen molar-refractivity contribution in [2.24, 2.45) is 0 Å². The zero-order valence-corrected chi connectivity index (χ0v) is 12.9. The molecule has 0 aliphatic carbocycles. The molecular formula is C15H13NO6S. The second-order valence-electron chi connectivity index (χ2n) is 4.56. The maximum Gasteiger partial charge on any atom is 0.295 e. The first-order chi connectivity index (χ1) is 10.8. The van der Waals surface area contributed by atoms with Crippen molar-refractivity contribution in [3.8, 4) is 5.75 Å². The molecule has 120 valence electrons. The summed E-state index contributed by atoms with van der Waals surface area (Å²) in [6.07, 6.45) is 3.07. The maximum atomic E-state index is 11.4. The lowest BCUT2D eigenvalue weighted by Gasteiger charge is -2.03. The third-order valence-electron chi connectivity index (χ3n) is 3.06. The van der Waals surface area contributed by atoms with Crippen LogP contribution in [0.2, 0.25) is 0 Å². The summed E-state index contributed by atoms with van der Waals surface area (Å²) in [5.41, 5.74) is 0.499. The van der Waals surface area contributed by atoms with Gasteiger partial charge < -0.3 is 4.74 Å². The number of ether oxygens (including phenoxy) is 1. The Kier molecular flexibility index (Phi) is 4.77.